The Labute approximate surface area is 104 Å². The van der Waals surface area contributed by atoms with Crippen LogP contribution in [0.1, 0.15) is 45.4 Å². The molecular weight excluding hydrogens is 224 g/mol. The molecular formula is C12H23ClN2O. The summed E-state index contributed by atoms with van der Waals surface area (Å²) in [7, 11) is 0. The average Bonchev–Trinajstić information content (AvgIpc) is 2.30. The molecule has 2 fully saturated rings. The van der Waals surface area contributed by atoms with Gasteiger partial charge in [0.2, 0.25) is 5.91 Å². The molecule has 94 valence electrons. The van der Waals surface area contributed by atoms with Crippen LogP contribution in [0.3, 0.4) is 0 Å². The van der Waals surface area contributed by atoms with Crippen LogP contribution >= 0.6 is 12.4 Å². The number of likely N-dealkylation sites (tertiary alicyclic amines) is 1. The molecule has 1 unspecified atom stereocenters. The van der Waals surface area contributed by atoms with Gasteiger partial charge in [-0.2, -0.15) is 0 Å². The first-order chi connectivity index (χ1) is 7.29. The Bertz CT molecular complexity index is 229. The Morgan fingerprint density at radius 3 is 2.56 bits per heavy atom. The van der Waals surface area contributed by atoms with Crippen molar-refractivity contribution in [2.75, 3.05) is 13.1 Å². The molecule has 0 aromatic rings. The van der Waals surface area contributed by atoms with Crippen molar-refractivity contribution in [3.63, 3.8) is 0 Å². The van der Waals surface area contributed by atoms with Gasteiger partial charge in [-0.1, -0.05) is 6.42 Å². The van der Waals surface area contributed by atoms with Crippen LogP contribution in [0.4, 0.5) is 0 Å². The summed E-state index contributed by atoms with van der Waals surface area (Å²) in [6, 6.07) is 0.564. The fraction of sp³-hybridized carbons (Fsp3) is 0.917. The molecule has 2 aliphatic rings. The van der Waals surface area contributed by atoms with Gasteiger partial charge in [-0.15, -0.1) is 12.4 Å². The zero-order valence-corrected chi connectivity index (χ0v) is 10.9. The molecule has 16 heavy (non-hydrogen) atoms. The van der Waals surface area contributed by atoms with E-state index in [-0.39, 0.29) is 18.4 Å². The molecule has 1 N–H and O–H groups in total. The zero-order chi connectivity index (χ0) is 10.7. The molecule has 0 aromatic heterocycles. The highest BCUT2D eigenvalue weighted by atomic mass is 35.5. The van der Waals surface area contributed by atoms with Crippen molar-refractivity contribution < 1.29 is 4.79 Å². The van der Waals surface area contributed by atoms with E-state index in [0.717, 1.165) is 19.5 Å². The summed E-state index contributed by atoms with van der Waals surface area (Å²) in [5, 5.41) is 3.35. The summed E-state index contributed by atoms with van der Waals surface area (Å²) in [6.07, 6.45) is 7.09. The second kappa shape index (κ2) is 6.45. The number of hydrogen-bond acceptors (Lipinski definition) is 2. The highest BCUT2D eigenvalue weighted by molar-refractivity contribution is 5.85. The molecule has 0 spiro atoms. The maximum absolute atomic E-state index is 12.2. The number of nitrogens with one attached hydrogen (secondary N) is 1. The fourth-order valence-corrected chi connectivity index (χ4v) is 2.69. The van der Waals surface area contributed by atoms with Gasteiger partial charge in [-0.3, -0.25) is 4.79 Å². The van der Waals surface area contributed by atoms with Crippen LogP contribution in [0.25, 0.3) is 0 Å². The number of amides is 1. The van der Waals surface area contributed by atoms with Crippen LogP contribution in [0.5, 0.6) is 0 Å². The van der Waals surface area contributed by atoms with Gasteiger partial charge in [0.25, 0.3) is 0 Å². The van der Waals surface area contributed by atoms with Gasteiger partial charge < -0.3 is 10.2 Å². The Balaban J connectivity index is 0.00000128. The van der Waals surface area contributed by atoms with Crippen LogP contribution < -0.4 is 5.32 Å². The third kappa shape index (κ3) is 3.11. The largest absolute Gasteiger partial charge is 0.339 e. The summed E-state index contributed by atoms with van der Waals surface area (Å²) >= 11 is 0. The standard InChI is InChI=1S/C12H22N2O.ClH/c1-10-6-3-5-9-14(10)12(15)11-7-2-4-8-13-11;/h10-11,13H,2-9H2,1H3;1H/t10?,11-;/m0./s1. The fourth-order valence-electron chi connectivity index (χ4n) is 2.69. The number of carbonyl (C=O) groups is 1. The predicted molar refractivity (Wildman–Crippen MR) is 67.9 cm³/mol. The van der Waals surface area contributed by atoms with Gasteiger partial charge >= 0.3 is 0 Å². The van der Waals surface area contributed by atoms with Crippen molar-refractivity contribution in [3.8, 4) is 0 Å². The molecule has 2 heterocycles. The van der Waals surface area contributed by atoms with E-state index >= 15 is 0 Å². The molecule has 0 bridgehead atoms. The number of nitrogens with zero attached hydrogens (tertiary/aromatic N) is 1. The normalized spacial score (nSPS) is 30.7. The minimum atomic E-state index is 0. The Morgan fingerprint density at radius 1 is 1.19 bits per heavy atom. The first-order valence-electron chi connectivity index (χ1n) is 6.33. The van der Waals surface area contributed by atoms with Crippen molar-refractivity contribution in [2.45, 2.75) is 57.5 Å². The smallest absolute Gasteiger partial charge is 0.239 e. The molecule has 2 aliphatic heterocycles. The molecule has 2 rings (SSSR count). The summed E-state index contributed by atoms with van der Waals surface area (Å²) in [4.78, 5) is 14.3. The lowest BCUT2D eigenvalue weighted by Crippen LogP contribution is -2.52. The summed E-state index contributed by atoms with van der Waals surface area (Å²) in [5.74, 6) is 0.349. The van der Waals surface area contributed by atoms with Crippen LogP contribution in [-0.4, -0.2) is 36.0 Å². The van der Waals surface area contributed by atoms with E-state index in [1.165, 1.54) is 32.1 Å². The molecule has 0 aromatic carbocycles. The highest BCUT2D eigenvalue weighted by Gasteiger charge is 2.29. The first-order valence-corrected chi connectivity index (χ1v) is 6.33. The second-order valence-electron chi connectivity index (χ2n) is 4.88. The van der Waals surface area contributed by atoms with Gasteiger partial charge in [0.1, 0.15) is 0 Å². The summed E-state index contributed by atoms with van der Waals surface area (Å²) < 4.78 is 0. The van der Waals surface area contributed by atoms with E-state index in [4.69, 9.17) is 0 Å². The highest BCUT2D eigenvalue weighted by Crippen LogP contribution is 2.19. The first kappa shape index (κ1) is 13.8. The SMILES string of the molecule is CC1CCCCN1C(=O)[C@@H]1CCCCN1.Cl. The molecule has 0 saturated carbocycles. The van der Waals surface area contributed by atoms with Crippen LogP contribution in [-0.2, 0) is 4.79 Å². The maximum atomic E-state index is 12.2. The Kier molecular flexibility index (Phi) is 5.56. The van der Waals surface area contributed by atoms with E-state index < -0.39 is 0 Å². The molecule has 1 amide bonds. The summed E-state index contributed by atoms with van der Waals surface area (Å²) in [5.41, 5.74) is 0. The van der Waals surface area contributed by atoms with Crippen molar-refractivity contribution in [2.24, 2.45) is 0 Å². The van der Waals surface area contributed by atoms with Gasteiger partial charge in [0.15, 0.2) is 0 Å². The van der Waals surface area contributed by atoms with Gasteiger partial charge in [0, 0.05) is 12.6 Å². The van der Waals surface area contributed by atoms with E-state index in [0.29, 0.717) is 11.9 Å². The molecule has 2 atom stereocenters. The van der Waals surface area contributed by atoms with Crippen molar-refractivity contribution >= 4 is 18.3 Å². The summed E-state index contributed by atoms with van der Waals surface area (Å²) in [6.45, 7) is 4.16. The zero-order valence-electron chi connectivity index (χ0n) is 10.1. The number of rotatable bonds is 1. The average molecular weight is 247 g/mol. The van der Waals surface area contributed by atoms with Gasteiger partial charge in [0.05, 0.1) is 6.04 Å². The van der Waals surface area contributed by atoms with Crippen molar-refractivity contribution in [3.05, 3.63) is 0 Å². The number of piperidine rings is 2. The number of halogens is 1. The molecule has 4 heteroatoms. The topological polar surface area (TPSA) is 32.3 Å². The minimum absolute atomic E-state index is 0. The van der Waals surface area contributed by atoms with Gasteiger partial charge in [-0.25, -0.2) is 0 Å². The van der Waals surface area contributed by atoms with Gasteiger partial charge in [-0.05, 0) is 45.6 Å². The maximum Gasteiger partial charge on any atom is 0.239 e. The van der Waals surface area contributed by atoms with E-state index in [1.54, 1.807) is 0 Å². The molecule has 0 aliphatic carbocycles. The molecule has 2 saturated heterocycles. The lowest BCUT2D eigenvalue weighted by atomic mass is 9.99. The quantitative estimate of drug-likeness (QED) is 0.767. The van der Waals surface area contributed by atoms with Crippen LogP contribution in [0, 0.1) is 0 Å². The van der Waals surface area contributed by atoms with Crippen molar-refractivity contribution in [1.29, 1.82) is 0 Å². The number of hydrogen-bond donors (Lipinski definition) is 1. The van der Waals surface area contributed by atoms with Crippen LogP contribution in [0.15, 0.2) is 0 Å². The lowest BCUT2D eigenvalue weighted by Gasteiger charge is -2.37. The van der Waals surface area contributed by atoms with E-state index in [2.05, 4.69) is 17.1 Å². The van der Waals surface area contributed by atoms with Crippen molar-refractivity contribution in [1.82, 2.24) is 10.2 Å². The minimum Gasteiger partial charge on any atom is -0.339 e. The van der Waals surface area contributed by atoms with E-state index in [9.17, 15) is 4.79 Å². The molecule has 0 radical (unpaired) electrons. The van der Waals surface area contributed by atoms with Crippen LogP contribution in [0.2, 0.25) is 0 Å². The Morgan fingerprint density at radius 2 is 1.94 bits per heavy atom. The molecule has 3 nitrogen and oxygen atoms in total. The Hall–Kier alpha value is -0.280. The third-order valence-electron chi connectivity index (χ3n) is 3.69. The van der Waals surface area contributed by atoms with E-state index in [1.807, 2.05) is 0 Å². The third-order valence-corrected chi connectivity index (χ3v) is 3.69. The lowest BCUT2D eigenvalue weighted by molar-refractivity contribution is -0.137. The number of carbonyl (C=O) groups excluding carboxylic acids is 1. The monoisotopic (exact) mass is 246 g/mol. The predicted octanol–water partition coefficient (Wildman–Crippen LogP) is 1.95. The second-order valence-corrected chi connectivity index (χ2v) is 4.88.